The third-order valence-electron chi connectivity index (χ3n) is 3.92. The van der Waals surface area contributed by atoms with Crippen LogP contribution in [-0.2, 0) is 9.59 Å². The van der Waals surface area contributed by atoms with E-state index >= 15 is 0 Å². The Labute approximate surface area is 148 Å². The fraction of sp³-hybridized carbons (Fsp3) is 0. The first kappa shape index (κ1) is 15.6. The van der Waals surface area contributed by atoms with Crippen molar-refractivity contribution in [3.63, 3.8) is 0 Å². The SMILES string of the molecule is O=C(Nc1ccc2nccnc2c1)c1ccc(N2C(=O)C=CC2=O)cc1. The summed E-state index contributed by atoms with van der Waals surface area (Å²) < 4.78 is 0. The van der Waals surface area contributed by atoms with Crippen LogP contribution in [0.15, 0.2) is 67.0 Å². The molecule has 0 saturated heterocycles. The molecule has 1 N–H and O–H groups in total. The zero-order valence-electron chi connectivity index (χ0n) is 13.4. The van der Waals surface area contributed by atoms with E-state index < -0.39 is 11.8 Å². The molecule has 3 amide bonds. The molecule has 0 aliphatic carbocycles. The van der Waals surface area contributed by atoms with Crippen molar-refractivity contribution in [2.75, 3.05) is 10.2 Å². The molecular formula is C19H12N4O3. The van der Waals surface area contributed by atoms with Gasteiger partial charge in [0, 0.05) is 35.8 Å². The number of hydrogen-bond donors (Lipinski definition) is 1. The van der Waals surface area contributed by atoms with Gasteiger partial charge in [0.2, 0.25) is 0 Å². The van der Waals surface area contributed by atoms with E-state index in [0.717, 1.165) is 10.4 Å². The van der Waals surface area contributed by atoms with Crippen molar-refractivity contribution in [3.8, 4) is 0 Å². The van der Waals surface area contributed by atoms with Crippen LogP contribution in [0.25, 0.3) is 11.0 Å². The molecule has 2 heterocycles. The number of carbonyl (C=O) groups is 3. The molecule has 7 nitrogen and oxygen atoms in total. The van der Waals surface area contributed by atoms with Crippen LogP contribution in [0, 0.1) is 0 Å². The van der Waals surface area contributed by atoms with Crippen molar-refractivity contribution >= 4 is 40.1 Å². The third kappa shape index (κ3) is 2.82. The summed E-state index contributed by atoms with van der Waals surface area (Å²) in [7, 11) is 0. The largest absolute Gasteiger partial charge is 0.322 e. The lowest BCUT2D eigenvalue weighted by atomic mass is 10.1. The van der Waals surface area contributed by atoms with Gasteiger partial charge in [0.15, 0.2) is 0 Å². The highest BCUT2D eigenvalue weighted by atomic mass is 16.2. The molecule has 0 atom stereocenters. The summed E-state index contributed by atoms with van der Waals surface area (Å²) in [5.74, 6) is -1.11. The first-order valence-electron chi connectivity index (χ1n) is 7.80. The predicted molar refractivity (Wildman–Crippen MR) is 95.6 cm³/mol. The second kappa shape index (κ2) is 6.21. The molecular weight excluding hydrogens is 332 g/mol. The van der Waals surface area contributed by atoms with Gasteiger partial charge in [-0.15, -0.1) is 0 Å². The maximum atomic E-state index is 12.4. The van der Waals surface area contributed by atoms with Crippen molar-refractivity contribution in [2.45, 2.75) is 0 Å². The maximum absolute atomic E-state index is 12.4. The Morgan fingerprint density at radius 3 is 2.19 bits per heavy atom. The standard InChI is InChI=1S/C19H12N4O3/c24-17-7-8-18(25)23(17)14-4-1-12(2-5-14)19(26)22-13-3-6-15-16(11-13)21-10-9-20-15/h1-11H,(H,22,26). The monoisotopic (exact) mass is 344 g/mol. The molecule has 126 valence electrons. The van der Waals surface area contributed by atoms with Crippen molar-refractivity contribution in [1.82, 2.24) is 9.97 Å². The normalized spacial score (nSPS) is 13.5. The lowest BCUT2D eigenvalue weighted by Crippen LogP contribution is -2.29. The van der Waals surface area contributed by atoms with Crippen molar-refractivity contribution < 1.29 is 14.4 Å². The summed E-state index contributed by atoms with van der Waals surface area (Å²) in [6, 6.07) is 11.5. The first-order chi connectivity index (χ1) is 12.6. The van der Waals surface area contributed by atoms with Crippen LogP contribution in [-0.4, -0.2) is 27.7 Å². The molecule has 0 fully saturated rings. The van der Waals surface area contributed by atoms with Crippen LogP contribution in [0.2, 0.25) is 0 Å². The summed E-state index contributed by atoms with van der Waals surface area (Å²) in [5, 5.41) is 2.79. The zero-order valence-corrected chi connectivity index (χ0v) is 13.4. The van der Waals surface area contributed by atoms with Gasteiger partial charge < -0.3 is 5.32 Å². The topological polar surface area (TPSA) is 92.3 Å². The summed E-state index contributed by atoms with van der Waals surface area (Å²) in [6.07, 6.45) is 5.62. The lowest BCUT2D eigenvalue weighted by molar-refractivity contribution is -0.119. The molecule has 4 rings (SSSR count). The van der Waals surface area contributed by atoms with Crippen LogP contribution < -0.4 is 10.2 Å². The number of aromatic nitrogens is 2. The Morgan fingerprint density at radius 1 is 0.846 bits per heavy atom. The molecule has 1 aliphatic heterocycles. The minimum atomic E-state index is -0.399. The molecule has 0 bridgehead atoms. The Kier molecular flexibility index (Phi) is 3.74. The predicted octanol–water partition coefficient (Wildman–Crippen LogP) is 2.31. The maximum Gasteiger partial charge on any atom is 0.258 e. The summed E-state index contributed by atoms with van der Waals surface area (Å²) in [6.45, 7) is 0. The van der Waals surface area contributed by atoms with E-state index in [2.05, 4.69) is 15.3 Å². The first-order valence-corrected chi connectivity index (χ1v) is 7.80. The van der Waals surface area contributed by atoms with Gasteiger partial charge in [-0.1, -0.05) is 0 Å². The van der Waals surface area contributed by atoms with Crippen LogP contribution in [0.4, 0.5) is 11.4 Å². The van der Waals surface area contributed by atoms with E-state index in [-0.39, 0.29) is 5.91 Å². The van der Waals surface area contributed by atoms with Crippen LogP contribution in [0.5, 0.6) is 0 Å². The van der Waals surface area contributed by atoms with E-state index in [1.54, 1.807) is 54.9 Å². The quantitative estimate of drug-likeness (QED) is 0.736. The smallest absolute Gasteiger partial charge is 0.258 e. The molecule has 26 heavy (non-hydrogen) atoms. The average Bonchev–Trinajstić information content (AvgIpc) is 3.00. The van der Waals surface area contributed by atoms with Crippen LogP contribution in [0.1, 0.15) is 10.4 Å². The Bertz CT molecular complexity index is 1060. The fourth-order valence-electron chi connectivity index (χ4n) is 2.66. The molecule has 0 radical (unpaired) electrons. The number of amides is 3. The van der Waals surface area contributed by atoms with Crippen molar-refractivity contribution in [1.29, 1.82) is 0 Å². The number of imide groups is 1. The highest BCUT2D eigenvalue weighted by molar-refractivity contribution is 6.28. The minimum absolute atomic E-state index is 0.308. The Hall–Kier alpha value is -3.87. The van der Waals surface area contributed by atoms with E-state index in [4.69, 9.17) is 0 Å². The van der Waals surface area contributed by atoms with Crippen LogP contribution in [0.3, 0.4) is 0 Å². The second-order valence-electron chi connectivity index (χ2n) is 5.61. The van der Waals surface area contributed by atoms with Crippen molar-refractivity contribution in [3.05, 3.63) is 72.6 Å². The lowest BCUT2D eigenvalue weighted by Gasteiger charge is -2.14. The number of hydrogen-bond acceptors (Lipinski definition) is 5. The van der Waals surface area contributed by atoms with Gasteiger partial charge in [-0.2, -0.15) is 0 Å². The Balaban J connectivity index is 1.52. The van der Waals surface area contributed by atoms with E-state index in [0.29, 0.717) is 22.5 Å². The number of anilines is 2. The van der Waals surface area contributed by atoms with Gasteiger partial charge >= 0.3 is 0 Å². The highest BCUT2D eigenvalue weighted by Crippen LogP contribution is 2.20. The molecule has 1 aromatic heterocycles. The highest BCUT2D eigenvalue weighted by Gasteiger charge is 2.25. The number of carbonyl (C=O) groups excluding carboxylic acids is 3. The zero-order chi connectivity index (χ0) is 18.1. The fourth-order valence-corrected chi connectivity index (χ4v) is 2.66. The van der Waals surface area contributed by atoms with Gasteiger partial charge in [0.25, 0.3) is 17.7 Å². The molecule has 0 unspecified atom stereocenters. The van der Waals surface area contributed by atoms with Crippen molar-refractivity contribution in [2.24, 2.45) is 0 Å². The van der Waals surface area contributed by atoms with E-state index in [1.165, 1.54) is 12.2 Å². The number of fused-ring (bicyclic) bond motifs is 1. The van der Waals surface area contributed by atoms with Gasteiger partial charge in [-0.25, -0.2) is 4.90 Å². The van der Waals surface area contributed by atoms with Gasteiger partial charge in [0.1, 0.15) is 0 Å². The van der Waals surface area contributed by atoms with E-state index in [1.807, 2.05) is 0 Å². The number of nitrogens with one attached hydrogen (secondary N) is 1. The molecule has 3 aromatic rings. The molecule has 0 spiro atoms. The number of nitrogens with zero attached hydrogens (tertiary/aromatic N) is 3. The molecule has 1 aliphatic rings. The van der Waals surface area contributed by atoms with Gasteiger partial charge in [-0.05, 0) is 42.5 Å². The average molecular weight is 344 g/mol. The van der Waals surface area contributed by atoms with Crippen LogP contribution >= 0.6 is 0 Å². The minimum Gasteiger partial charge on any atom is -0.322 e. The third-order valence-corrected chi connectivity index (χ3v) is 3.92. The second-order valence-corrected chi connectivity index (χ2v) is 5.61. The van der Waals surface area contributed by atoms with Gasteiger partial charge in [-0.3, -0.25) is 24.4 Å². The number of rotatable bonds is 3. The number of benzene rings is 2. The van der Waals surface area contributed by atoms with E-state index in [9.17, 15) is 14.4 Å². The Morgan fingerprint density at radius 2 is 1.50 bits per heavy atom. The summed E-state index contributed by atoms with van der Waals surface area (Å²) in [4.78, 5) is 45.2. The molecule has 7 heteroatoms. The summed E-state index contributed by atoms with van der Waals surface area (Å²) >= 11 is 0. The molecule has 2 aromatic carbocycles. The summed E-state index contributed by atoms with van der Waals surface area (Å²) in [5.41, 5.74) is 2.84. The molecule has 0 saturated carbocycles. The van der Waals surface area contributed by atoms with Gasteiger partial charge in [0.05, 0.1) is 16.7 Å².